The van der Waals surface area contributed by atoms with Gasteiger partial charge in [0.25, 0.3) is 0 Å². The molecule has 0 spiro atoms. The fourth-order valence-electron chi connectivity index (χ4n) is 1.19. The number of aromatic nitrogens is 1. The lowest BCUT2D eigenvalue weighted by atomic mass is 10.2. The highest BCUT2D eigenvalue weighted by Gasteiger charge is 2.16. The van der Waals surface area contributed by atoms with Gasteiger partial charge in [-0.25, -0.2) is 9.78 Å². The molecule has 4 nitrogen and oxygen atoms in total. The molecule has 1 aromatic carbocycles. The lowest BCUT2D eigenvalue weighted by Gasteiger charge is -2.00. The molecule has 1 heterocycles. The summed E-state index contributed by atoms with van der Waals surface area (Å²) < 4.78 is 5.01. The number of carboxylic acid groups (broad SMARTS) is 1. The first-order chi connectivity index (χ1) is 7.59. The van der Waals surface area contributed by atoms with Crippen LogP contribution < -0.4 is 0 Å². The number of carboxylic acids is 1. The molecule has 0 atom stereocenters. The largest absolute Gasteiger partial charge is 0.476 e. The Labute approximate surface area is 100 Å². The first kappa shape index (κ1) is 11.0. The third-order valence-corrected chi connectivity index (χ3v) is 2.53. The molecule has 0 bridgehead atoms. The number of rotatable bonds is 2. The van der Waals surface area contributed by atoms with Crippen LogP contribution in [-0.2, 0) is 0 Å². The maximum atomic E-state index is 10.6. The fourth-order valence-corrected chi connectivity index (χ4v) is 1.75. The molecule has 0 aliphatic rings. The predicted molar refractivity (Wildman–Crippen MR) is 58.9 cm³/mol. The van der Waals surface area contributed by atoms with E-state index >= 15 is 0 Å². The normalized spacial score (nSPS) is 10.4. The highest BCUT2D eigenvalue weighted by molar-refractivity contribution is 6.38. The molecule has 2 rings (SSSR count). The number of hydrogen-bond donors (Lipinski definition) is 1. The van der Waals surface area contributed by atoms with E-state index in [9.17, 15) is 4.79 Å². The topological polar surface area (TPSA) is 63.3 Å². The van der Waals surface area contributed by atoms with Crippen molar-refractivity contribution in [3.8, 4) is 11.5 Å². The zero-order chi connectivity index (χ0) is 11.7. The molecule has 1 aromatic heterocycles. The van der Waals surface area contributed by atoms with E-state index in [-0.39, 0.29) is 11.6 Å². The molecule has 2 aromatic rings. The number of carbonyl (C=O) groups is 1. The highest BCUT2D eigenvalue weighted by Crippen LogP contribution is 2.33. The summed E-state index contributed by atoms with van der Waals surface area (Å²) in [6, 6.07) is 4.91. The molecule has 0 unspecified atom stereocenters. The van der Waals surface area contributed by atoms with Crippen LogP contribution >= 0.6 is 23.2 Å². The average Bonchev–Trinajstić information content (AvgIpc) is 2.66. The van der Waals surface area contributed by atoms with Gasteiger partial charge in [0.1, 0.15) is 6.26 Å². The number of oxazole rings is 1. The quantitative estimate of drug-likeness (QED) is 0.897. The summed E-state index contributed by atoms with van der Waals surface area (Å²) >= 11 is 11.8. The molecule has 0 aliphatic carbocycles. The molecule has 0 amide bonds. The van der Waals surface area contributed by atoms with Gasteiger partial charge < -0.3 is 9.52 Å². The van der Waals surface area contributed by atoms with E-state index in [4.69, 9.17) is 32.7 Å². The Morgan fingerprint density at radius 1 is 1.31 bits per heavy atom. The Morgan fingerprint density at radius 2 is 1.94 bits per heavy atom. The SMILES string of the molecule is O=C(O)c1coc(-c2c(Cl)cccc2Cl)n1. The van der Waals surface area contributed by atoms with Crippen LogP contribution in [0, 0.1) is 0 Å². The maximum Gasteiger partial charge on any atom is 0.357 e. The summed E-state index contributed by atoms with van der Waals surface area (Å²) in [5, 5.41) is 9.40. The number of benzene rings is 1. The second-order valence-corrected chi connectivity index (χ2v) is 3.75. The summed E-state index contributed by atoms with van der Waals surface area (Å²) in [7, 11) is 0. The monoisotopic (exact) mass is 257 g/mol. The van der Waals surface area contributed by atoms with Crippen molar-refractivity contribution in [2.24, 2.45) is 0 Å². The van der Waals surface area contributed by atoms with E-state index in [1.807, 2.05) is 0 Å². The molecule has 16 heavy (non-hydrogen) atoms. The molecule has 0 saturated carbocycles. The van der Waals surface area contributed by atoms with Crippen molar-refractivity contribution in [2.45, 2.75) is 0 Å². The van der Waals surface area contributed by atoms with Crippen molar-refractivity contribution in [1.82, 2.24) is 4.98 Å². The standard InChI is InChI=1S/C10H5Cl2NO3/c11-5-2-1-3-6(12)8(5)9-13-7(4-16-9)10(14)15/h1-4H,(H,14,15). The average molecular weight is 258 g/mol. The van der Waals surface area contributed by atoms with Crippen molar-refractivity contribution in [3.05, 3.63) is 40.2 Å². The van der Waals surface area contributed by atoms with E-state index in [2.05, 4.69) is 4.98 Å². The van der Waals surface area contributed by atoms with Crippen LogP contribution in [0.4, 0.5) is 0 Å². The minimum atomic E-state index is -1.17. The Kier molecular flexibility index (Phi) is 2.85. The molecule has 0 saturated heterocycles. The Bertz CT molecular complexity index is 530. The van der Waals surface area contributed by atoms with Crippen LogP contribution in [-0.4, -0.2) is 16.1 Å². The van der Waals surface area contributed by atoms with Crippen LogP contribution in [0.1, 0.15) is 10.5 Å². The molecule has 1 N–H and O–H groups in total. The van der Waals surface area contributed by atoms with Crippen LogP contribution in [0.2, 0.25) is 10.0 Å². The van der Waals surface area contributed by atoms with Crippen molar-refractivity contribution in [3.63, 3.8) is 0 Å². The van der Waals surface area contributed by atoms with E-state index in [1.54, 1.807) is 18.2 Å². The van der Waals surface area contributed by atoms with Gasteiger partial charge in [-0.1, -0.05) is 29.3 Å². The zero-order valence-electron chi connectivity index (χ0n) is 7.78. The van der Waals surface area contributed by atoms with Crippen molar-refractivity contribution in [2.75, 3.05) is 0 Å². The van der Waals surface area contributed by atoms with E-state index < -0.39 is 5.97 Å². The maximum absolute atomic E-state index is 10.6. The first-order valence-electron chi connectivity index (χ1n) is 4.23. The molecular formula is C10H5Cl2NO3. The summed E-state index contributed by atoms with van der Waals surface area (Å²) in [6.07, 6.45) is 1.04. The summed E-state index contributed by atoms with van der Waals surface area (Å²) in [6.45, 7) is 0. The third kappa shape index (κ3) is 1.89. The van der Waals surface area contributed by atoms with E-state index in [1.165, 1.54) is 0 Å². The summed E-state index contributed by atoms with van der Waals surface area (Å²) in [5.41, 5.74) is 0.198. The van der Waals surface area contributed by atoms with E-state index in [0.29, 0.717) is 15.6 Å². The Hall–Kier alpha value is -1.52. The molecular weight excluding hydrogens is 253 g/mol. The molecule has 0 aliphatic heterocycles. The molecule has 82 valence electrons. The van der Waals surface area contributed by atoms with Gasteiger partial charge in [-0.05, 0) is 12.1 Å². The van der Waals surface area contributed by atoms with Crippen molar-refractivity contribution in [1.29, 1.82) is 0 Å². The van der Waals surface area contributed by atoms with Gasteiger partial charge in [0, 0.05) is 0 Å². The van der Waals surface area contributed by atoms with Crippen LogP contribution in [0.5, 0.6) is 0 Å². The van der Waals surface area contributed by atoms with Gasteiger partial charge in [0.2, 0.25) is 5.89 Å². The number of aromatic carboxylic acids is 1. The van der Waals surface area contributed by atoms with Crippen LogP contribution in [0.3, 0.4) is 0 Å². The van der Waals surface area contributed by atoms with Crippen LogP contribution in [0.25, 0.3) is 11.5 Å². The number of nitrogens with zero attached hydrogens (tertiary/aromatic N) is 1. The second kappa shape index (κ2) is 4.15. The van der Waals surface area contributed by atoms with Gasteiger partial charge in [-0.3, -0.25) is 0 Å². The van der Waals surface area contributed by atoms with Gasteiger partial charge >= 0.3 is 5.97 Å². The highest BCUT2D eigenvalue weighted by atomic mass is 35.5. The van der Waals surface area contributed by atoms with Crippen molar-refractivity contribution < 1.29 is 14.3 Å². The number of hydrogen-bond acceptors (Lipinski definition) is 3. The molecule has 0 fully saturated rings. The van der Waals surface area contributed by atoms with Crippen LogP contribution in [0.15, 0.2) is 28.9 Å². The third-order valence-electron chi connectivity index (χ3n) is 1.90. The first-order valence-corrected chi connectivity index (χ1v) is 4.98. The fraction of sp³-hybridized carbons (Fsp3) is 0. The molecule has 6 heteroatoms. The number of halogens is 2. The molecule has 0 radical (unpaired) electrons. The smallest absolute Gasteiger partial charge is 0.357 e. The predicted octanol–water partition coefficient (Wildman–Crippen LogP) is 3.35. The Balaban J connectivity index is 2.54. The van der Waals surface area contributed by atoms with Gasteiger partial charge in [-0.2, -0.15) is 0 Å². The van der Waals surface area contributed by atoms with Gasteiger partial charge in [0.15, 0.2) is 5.69 Å². The lowest BCUT2D eigenvalue weighted by Crippen LogP contribution is -1.95. The lowest BCUT2D eigenvalue weighted by molar-refractivity contribution is 0.0690. The zero-order valence-corrected chi connectivity index (χ0v) is 9.29. The minimum Gasteiger partial charge on any atom is -0.476 e. The Morgan fingerprint density at radius 3 is 2.44 bits per heavy atom. The second-order valence-electron chi connectivity index (χ2n) is 2.94. The van der Waals surface area contributed by atoms with Gasteiger partial charge in [-0.15, -0.1) is 0 Å². The summed E-state index contributed by atoms with van der Waals surface area (Å²) in [4.78, 5) is 14.4. The van der Waals surface area contributed by atoms with Gasteiger partial charge in [0.05, 0.1) is 15.6 Å². The van der Waals surface area contributed by atoms with E-state index in [0.717, 1.165) is 6.26 Å². The van der Waals surface area contributed by atoms with Crippen molar-refractivity contribution >= 4 is 29.2 Å². The summed E-state index contributed by atoms with van der Waals surface area (Å²) in [5.74, 6) is -1.08. The minimum absolute atomic E-state index is 0.0907.